The van der Waals surface area contributed by atoms with E-state index in [2.05, 4.69) is 26.2 Å². The molecule has 0 radical (unpaired) electrons. The van der Waals surface area contributed by atoms with Gasteiger partial charge in [-0.3, -0.25) is 0 Å². The van der Waals surface area contributed by atoms with Gasteiger partial charge in [0.05, 0.1) is 6.04 Å². The highest BCUT2D eigenvalue weighted by Gasteiger charge is 2.21. The molecule has 0 fully saturated rings. The molecule has 0 spiro atoms. The van der Waals surface area contributed by atoms with E-state index in [4.69, 9.17) is 10.5 Å². The van der Waals surface area contributed by atoms with Crippen LogP contribution in [0.3, 0.4) is 0 Å². The topological polar surface area (TPSA) is 77.2 Å². The molecule has 1 amide bonds. The fourth-order valence-corrected chi connectivity index (χ4v) is 2.65. The van der Waals surface area contributed by atoms with Crippen LogP contribution in [-0.4, -0.2) is 23.2 Å². The molecular weight excluding hydrogens is 318 g/mol. The van der Waals surface area contributed by atoms with Gasteiger partial charge in [0, 0.05) is 5.38 Å². The highest BCUT2D eigenvalue weighted by molar-refractivity contribution is 9.10. The van der Waals surface area contributed by atoms with Crippen molar-refractivity contribution in [3.8, 4) is 0 Å². The van der Waals surface area contributed by atoms with E-state index >= 15 is 0 Å². The number of carbonyl (C=O) groups excluding carboxylic acids is 1. The van der Waals surface area contributed by atoms with Crippen LogP contribution in [0, 0.1) is 0 Å². The summed E-state index contributed by atoms with van der Waals surface area (Å²) >= 11 is 4.76. The highest BCUT2D eigenvalue weighted by Crippen LogP contribution is 2.23. The number of ether oxygens (including phenoxy) is 1. The standard InChI is InChI=1S/C11H18BrN3O2S/c1-11(2,3)17-10(16)14-7(4-5-13)9-15-8(12)6-18-9/h6-7H,4-5,13H2,1-3H3,(H,14,16). The van der Waals surface area contributed by atoms with Crippen LogP contribution in [0.4, 0.5) is 4.79 Å². The normalized spacial score (nSPS) is 13.2. The van der Waals surface area contributed by atoms with Gasteiger partial charge in [-0.15, -0.1) is 11.3 Å². The maximum absolute atomic E-state index is 11.7. The minimum atomic E-state index is -0.513. The third-order valence-corrected chi connectivity index (χ3v) is 3.61. The Labute approximate surface area is 119 Å². The minimum Gasteiger partial charge on any atom is -0.444 e. The van der Waals surface area contributed by atoms with Crippen molar-refractivity contribution in [3.63, 3.8) is 0 Å². The summed E-state index contributed by atoms with van der Waals surface area (Å²) in [6, 6.07) is -0.207. The van der Waals surface area contributed by atoms with Gasteiger partial charge in [0.25, 0.3) is 0 Å². The lowest BCUT2D eigenvalue weighted by Gasteiger charge is -2.22. The van der Waals surface area contributed by atoms with Gasteiger partial charge in [-0.2, -0.15) is 0 Å². The molecule has 0 saturated heterocycles. The van der Waals surface area contributed by atoms with Gasteiger partial charge in [-0.25, -0.2) is 9.78 Å². The van der Waals surface area contributed by atoms with Crippen LogP contribution in [0.1, 0.15) is 38.2 Å². The predicted molar refractivity (Wildman–Crippen MR) is 75.6 cm³/mol. The number of nitrogens with zero attached hydrogens (tertiary/aromatic N) is 1. The Bertz CT molecular complexity index is 403. The van der Waals surface area contributed by atoms with Gasteiger partial charge in [0.2, 0.25) is 0 Å². The van der Waals surface area contributed by atoms with Gasteiger partial charge in [0.15, 0.2) is 0 Å². The number of halogens is 1. The molecular formula is C11H18BrN3O2S. The number of rotatable bonds is 4. The molecule has 18 heavy (non-hydrogen) atoms. The number of aromatic nitrogens is 1. The van der Waals surface area contributed by atoms with Gasteiger partial charge < -0.3 is 15.8 Å². The van der Waals surface area contributed by atoms with Gasteiger partial charge >= 0.3 is 6.09 Å². The zero-order valence-electron chi connectivity index (χ0n) is 10.7. The van der Waals surface area contributed by atoms with Crippen molar-refractivity contribution >= 4 is 33.4 Å². The summed E-state index contributed by atoms with van der Waals surface area (Å²) in [5, 5.41) is 5.48. The van der Waals surface area contributed by atoms with Crippen molar-refractivity contribution < 1.29 is 9.53 Å². The maximum Gasteiger partial charge on any atom is 0.408 e. The van der Waals surface area contributed by atoms with Crippen molar-refractivity contribution in [3.05, 3.63) is 15.0 Å². The summed E-state index contributed by atoms with van der Waals surface area (Å²) in [4.78, 5) is 16.0. The van der Waals surface area contributed by atoms with Crippen LogP contribution in [0.5, 0.6) is 0 Å². The van der Waals surface area contributed by atoms with Gasteiger partial charge in [0.1, 0.15) is 15.2 Å². The quantitative estimate of drug-likeness (QED) is 0.886. The Morgan fingerprint density at radius 1 is 1.67 bits per heavy atom. The van der Waals surface area contributed by atoms with Crippen molar-refractivity contribution in [2.45, 2.75) is 38.8 Å². The summed E-state index contributed by atoms with van der Waals surface area (Å²) in [5.41, 5.74) is 5.04. The molecule has 1 aromatic rings. The molecule has 3 N–H and O–H groups in total. The summed E-state index contributed by atoms with van der Waals surface area (Å²) in [5.74, 6) is 0. The summed E-state index contributed by atoms with van der Waals surface area (Å²) in [6.07, 6.45) is 0.173. The first kappa shape index (κ1) is 15.4. The number of thiazole rings is 1. The second-order valence-electron chi connectivity index (χ2n) is 4.78. The molecule has 7 heteroatoms. The number of nitrogens with two attached hydrogens (primary N) is 1. The zero-order chi connectivity index (χ0) is 13.8. The second kappa shape index (κ2) is 6.49. The Hall–Kier alpha value is -0.660. The minimum absolute atomic E-state index is 0.207. The molecule has 1 atom stereocenters. The van der Waals surface area contributed by atoms with Crippen LogP contribution in [0.15, 0.2) is 9.98 Å². The van der Waals surface area contributed by atoms with E-state index < -0.39 is 11.7 Å². The first-order valence-electron chi connectivity index (χ1n) is 5.62. The van der Waals surface area contributed by atoms with E-state index in [-0.39, 0.29) is 6.04 Å². The average Bonchev–Trinajstić information content (AvgIpc) is 2.61. The van der Waals surface area contributed by atoms with Crippen molar-refractivity contribution in [2.75, 3.05) is 6.54 Å². The number of hydrogen-bond donors (Lipinski definition) is 2. The van der Waals surface area contributed by atoms with E-state index in [1.165, 1.54) is 11.3 Å². The maximum atomic E-state index is 11.7. The lowest BCUT2D eigenvalue weighted by atomic mass is 10.2. The molecule has 0 aliphatic rings. The number of amides is 1. The molecule has 1 heterocycles. The van der Waals surface area contributed by atoms with Crippen LogP contribution >= 0.6 is 27.3 Å². The van der Waals surface area contributed by atoms with E-state index in [1.807, 2.05) is 26.2 Å². The summed E-state index contributed by atoms with van der Waals surface area (Å²) in [6.45, 7) is 5.94. The molecule has 1 rings (SSSR count). The zero-order valence-corrected chi connectivity index (χ0v) is 13.1. The Balaban J connectivity index is 2.66. The molecule has 5 nitrogen and oxygen atoms in total. The predicted octanol–water partition coefficient (Wildman–Crippen LogP) is 2.82. The summed E-state index contributed by atoms with van der Waals surface area (Å²) in [7, 11) is 0. The van der Waals surface area contributed by atoms with Gasteiger partial charge in [-0.1, -0.05) is 0 Å². The Kier molecular flexibility index (Phi) is 5.55. The van der Waals surface area contributed by atoms with Crippen molar-refractivity contribution in [2.24, 2.45) is 5.73 Å². The SMILES string of the molecule is CC(C)(C)OC(=O)NC(CCN)c1nc(Br)cs1. The molecule has 0 aliphatic carbocycles. The molecule has 0 aromatic carbocycles. The molecule has 0 bridgehead atoms. The molecule has 102 valence electrons. The fraction of sp³-hybridized carbons (Fsp3) is 0.636. The Morgan fingerprint density at radius 2 is 2.33 bits per heavy atom. The van der Waals surface area contributed by atoms with Crippen molar-refractivity contribution in [1.82, 2.24) is 10.3 Å². The summed E-state index contributed by atoms with van der Waals surface area (Å²) < 4.78 is 5.98. The van der Waals surface area contributed by atoms with Crippen LogP contribution < -0.4 is 11.1 Å². The molecule has 0 aliphatic heterocycles. The Morgan fingerprint density at radius 3 is 2.78 bits per heavy atom. The number of nitrogens with one attached hydrogen (secondary N) is 1. The van der Waals surface area contributed by atoms with E-state index in [0.717, 1.165) is 9.61 Å². The first-order valence-corrected chi connectivity index (χ1v) is 7.29. The lowest BCUT2D eigenvalue weighted by Crippen LogP contribution is -2.35. The average molecular weight is 336 g/mol. The highest BCUT2D eigenvalue weighted by atomic mass is 79.9. The molecule has 0 saturated carbocycles. The van der Waals surface area contributed by atoms with Crippen LogP contribution in [0.25, 0.3) is 0 Å². The van der Waals surface area contributed by atoms with E-state index in [9.17, 15) is 4.79 Å². The third kappa shape index (κ3) is 5.32. The fourth-order valence-electron chi connectivity index (χ4n) is 1.30. The monoisotopic (exact) mass is 335 g/mol. The van der Waals surface area contributed by atoms with E-state index in [0.29, 0.717) is 13.0 Å². The number of carbonyl (C=O) groups is 1. The van der Waals surface area contributed by atoms with Crippen molar-refractivity contribution in [1.29, 1.82) is 0 Å². The van der Waals surface area contributed by atoms with E-state index in [1.54, 1.807) is 0 Å². The number of hydrogen-bond acceptors (Lipinski definition) is 5. The first-order chi connectivity index (χ1) is 8.31. The number of alkyl carbamates (subject to hydrolysis) is 1. The smallest absolute Gasteiger partial charge is 0.408 e. The third-order valence-electron chi connectivity index (χ3n) is 1.94. The second-order valence-corrected chi connectivity index (χ2v) is 6.49. The van der Waals surface area contributed by atoms with Gasteiger partial charge in [-0.05, 0) is 49.7 Å². The largest absolute Gasteiger partial charge is 0.444 e. The van der Waals surface area contributed by atoms with Crippen LogP contribution in [-0.2, 0) is 4.74 Å². The van der Waals surface area contributed by atoms with Crippen LogP contribution in [0.2, 0.25) is 0 Å². The molecule has 1 unspecified atom stereocenters. The lowest BCUT2D eigenvalue weighted by molar-refractivity contribution is 0.0501. The molecule has 1 aromatic heterocycles.